The van der Waals surface area contributed by atoms with E-state index < -0.39 is 0 Å². The lowest BCUT2D eigenvalue weighted by molar-refractivity contribution is 0.301. The topological polar surface area (TPSA) is 35.2 Å². The number of nitrogen functional groups attached to an aromatic ring is 1. The Bertz CT molecular complexity index is 566. The first-order chi connectivity index (χ1) is 9.11. The zero-order valence-corrected chi connectivity index (χ0v) is 11.4. The lowest BCUT2D eigenvalue weighted by Gasteiger charge is -2.11. The molecule has 4 heteroatoms. The van der Waals surface area contributed by atoms with Gasteiger partial charge in [-0.05, 0) is 36.2 Å². The van der Waals surface area contributed by atoms with Crippen LogP contribution < -0.4 is 10.5 Å². The zero-order valence-electron chi connectivity index (χ0n) is 10.6. The van der Waals surface area contributed by atoms with Gasteiger partial charge in [-0.15, -0.1) is 0 Å². The third-order valence-electron chi connectivity index (χ3n) is 2.92. The molecule has 0 saturated heterocycles. The number of halogens is 2. The Kier molecular flexibility index (Phi) is 4.27. The normalized spacial score (nSPS) is 10.5. The fraction of sp³-hybridized carbons (Fsp3) is 0.200. The molecule has 2 nitrogen and oxygen atoms in total. The Balaban J connectivity index is 2.15. The monoisotopic (exact) mass is 279 g/mol. The summed E-state index contributed by atoms with van der Waals surface area (Å²) in [6, 6.07) is 10.1. The molecule has 0 aliphatic rings. The maximum absolute atomic E-state index is 13.6. The third-order valence-corrected chi connectivity index (χ3v) is 3.27. The zero-order chi connectivity index (χ0) is 13.8. The standard InChI is InChI=1S/C15H15ClFNO/c1-2-10-6-7-15(14(18)8-10)19-9-11-12(16)4-3-5-13(11)17/h3-8H,2,9,18H2,1H3. The Morgan fingerprint density at radius 3 is 2.68 bits per heavy atom. The SMILES string of the molecule is CCc1ccc(OCc2c(F)cccc2Cl)c(N)c1. The van der Waals surface area contributed by atoms with E-state index >= 15 is 0 Å². The van der Waals surface area contributed by atoms with Crippen molar-refractivity contribution >= 4 is 17.3 Å². The van der Waals surface area contributed by atoms with Gasteiger partial charge >= 0.3 is 0 Å². The largest absolute Gasteiger partial charge is 0.487 e. The van der Waals surface area contributed by atoms with E-state index in [0.717, 1.165) is 12.0 Å². The Morgan fingerprint density at radius 1 is 1.26 bits per heavy atom. The van der Waals surface area contributed by atoms with Crippen molar-refractivity contribution in [3.63, 3.8) is 0 Å². The molecule has 2 aromatic carbocycles. The van der Waals surface area contributed by atoms with Gasteiger partial charge < -0.3 is 10.5 Å². The van der Waals surface area contributed by atoms with Crippen molar-refractivity contribution < 1.29 is 9.13 Å². The van der Waals surface area contributed by atoms with Gasteiger partial charge in [0.1, 0.15) is 18.2 Å². The van der Waals surface area contributed by atoms with Gasteiger partial charge in [0.2, 0.25) is 0 Å². The van der Waals surface area contributed by atoms with Crippen molar-refractivity contribution in [2.24, 2.45) is 0 Å². The maximum atomic E-state index is 13.6. The molecule has 2 N–H and O–H groups in total. The van der Waals surface area contributed by atoms with E-state index in [1.165, 1.54) is 6.07 Å². The van der Waals surface area contributed by atoms with Crippen LogP contribution in [0, 0.1) is 5.82 Å². The smallest absolute Gasteiger partial charge is 0.142 e. The number of hydrogen-bond donors (Lipinski definition) is 1. The number of benzene rings is 2. The molecule has 0 atom stereocenters. The first-order valence-corrected chi connectivity index (χ1v) is 6.43. The van der Waals surface area contributed by atoms with Crippen molar-refractivity contribution in [2.75, 3.05) is 5.73 Å². The maximum Gasteiger partial charge on any atom is 0.142 e. The summed E-state index contributed by atoms with van der Waals surface area (Å²) in [5.74, 6) is 0.160. The lowest BCUT2D eigenvalue weighted by Crippen LogP contribution is -2.02. The first kappa shape index (κ1) is 13.7. The van der Waals surface area contributed by atoms with Gasteiger partial charge in [0.05, 0.1) is 10.7 Å². The van der Waals surface area contributed by atoms with Crippen molar-refractivity contribution in [1.29, 1.82) is 0 Å². The highest BCUT2D eigenvalue weighted by atomic mass is 35.5. The highest BCUT2D eigenvalue weighted by Gasteiger charge is 2.09. The quantitative estimate of drug-likeness (QED) is 0.851. The van der Waals surface area contributed by atoms with Crippen LogP contribution in [0.1, 0.15) is 18.1 Å². The second kappa shape index (κ2) is 5.93. The van der Waals surface area contributed by atoms with Gasteiger partial charge in [-0.25, -0.2) is 4.39 Å². The van der Waals surface area contributed by atoms with Crippen molar-refractivity contribution in [2.45, 2.75) is 20.0 Å². The predicted octanol–water partition coefficient (Wildman–Crippen LogP) is 4.20. The van der Waals surface area contributed by atoms with Gasteiger partial charge in [-0.1, -0.05) is 30.7 Å². The fourth-order valence-electron chi connectivity index (χ4n) is 1.77. The molecule has 0 fully saturated rings. The van der Waals surface area contributed by atoms with Crippen LogP contribution >= 0.6 is 11.6 Å². The number of ether oxygens (including phenoxy) is 1. The molecule has 0 aromatic heterocycles. The second-order valence-electron chi connectivity index (χ2n) is 4.21. The van der Waals surface area contributed by atoms with Crippen LogP contribution in [-0.4, -0.2) is 0 Å². The summed E-state index contributed by atoms with van der Waals surface area (Å²) >= 11 is 5.93. The van der Waals surface area contributed by atoms with Crippen LogP contribution in [0.5, 0.6) is 5.75 Å². The average molecular weight is 280 g/mol. The molecule has 2 rings (SSSR count). The molecule has 0 spiro atoms. The highest BCUT2D eigenvalue weighted by molar-refractivity contribution is 6.31. The molecule has 0 saturated carbocycles. The highest BCUT2D eigenvalue weighted by Crippen LogP contribution is 2.26. The molecule has 0 amide bonds. The Hall–Kier alpha value is -1.74. The van der Waals surface area contributed by atoms with E-state index in [1.807, 2.05) is 12.1 Å². The minimum Gasteiger partial charge on any atom is -0.487 e. The second-order valence-corrected chi connectivity index (χ2v) is 4.62. The Morgan fingerprint density at radius 2 is 2.05 bits per heavy atom. The summed E-state index contributed by atoms with van der Waals surface area (Å²) < 4.78 is 19.1. The van der Waals surface area contributed by atoms with Crippen LogP contribution in [0.25, 0.3) is 0 Å². The van der Waals surface area contributed by atoms with Crippen molar-refractivity contribution in [1.82, 2.24) is 0 Å². The summed E-state index contributed by atoms with van der Waals surface area (Å²) in [7, 11) is 0. The van der Waals surface area contributed by atoms with Crippen molar-refractivity contribution in [3.05, 3.63) is 58.4 Å². The molecular weight excluding hydrogens is 265 g/mol. The predicted molar refractivity (Wildman–Crippen MR) is 76.0 cm³/mol. The van der Waals surface area contributed by atoms with E-state index in [2.05, 4.69) is 6.92 Å². The van der Waals surface area contributed by atoms with Crippen LogP contribution in [0.3, 0.4) is 0 Å². The van der Waals surface area contributed by atoms with Crippen LogP contribution in [-0.2, 0) is 13.0 Å². The van der Waals surface area contributed by atoms with Crippen LogP contribution in [0.2, 0.25) is 5.02 Å². The summed E-state index contributed by atoms with van der Waals surface area (Å²) in [5, 5.41) is 0.351. The third kappa shape index (κ3) is 3.18. The Labute approximate surface area is 117 Å². The van der Waals surface area contributed by atoms with E-state index in [4.69, 9.17) is 22.1 Å². The summed E-state index contributed by atoms with van der Waals surface area (Å²) in [6.07, 6.45) is 0.906. The van der Waals surface area contributed by atoms with E-state index in [1.54, 1.807) is 18.2 Å². The molecule has 100 valence electrons. The molecule has 0 bridgehead atoms. The van der Waals surface area contributed by atoms with Gasteiger partial charge in [0, 0.05) is 5.56 Å². The van der Waals surface area contributed by atoms with E-state index in [-0.39, 0.29) is 12.4 Å². The fourth-order valence-corrected chi connectivity index (χ4v) is 1.99. The molecule has 0 unspecified atom stereocenters. The first-order valence-electron chi connectivity index (χ1n) is 6.06. The minimum absolute atomic E-state index is 0.0567. The van der Waals surface area contributed by atoms with Crippen LogP contribution in [0.4, 0.5) is 10.1 Å². The molecule has 19 heavy (non-hydrogen) atoms. The van der Waals surface area contributed by atoms with E-state index in [9.17, 15) is 4.39 Å². The van der Waals surface area contributed by atoms with Gasteiger partial charge in [-0.3, -0.25) is 0 Å². The summed E-state index contributed by atoms with van der Waals surface area (Å²) in [5.41, 5.74) is 7.90. The van der Waals surface area contributed by atoms with E-state index in [0.29, 0.717) is 22.0 Å². The minimum atomic E-state index is -0.378. The van der Waals surface area contributed by atoms with Gasteiger partial charge in [-0.2, -0.15) is 0 Å². The average Bonchev–Trinajstić information content (AvgIpc) is 2.39. The summed E-state index contributed by atoms with van der Waals surface area (Å²) in [4.78, 5) is 0. The van der Waals surface area contributed by atoms with Gasteiger partial charge in [0.25, 0.3) is 0 Å². The molecule has 0 heterocycles. The lowest BCUT2D eigenvalue weighted by atomic mass is 10.1. The molecule has 0 aliphatic heterocycles. The number of nitrogens with two attached hydrogens (primary N) is 1. The molecule has 0 aliphatic carbocycles. The molecule has 0 radical (unpaired) electrons. The number of aryl methyl sites for hydroxylation is 1. The molecular formula is C15H15ClFNO. The van der Waals surface area contributed by atoms with Crippen molar-refractivity contribution in [3.8, 4) is 5.75 Å². The molecule has 2 aromatic rings. The number of anilines is 1. The summed E-state index contributed by atoms with van der Waals surface area (Å²) in [6.45, 7) is 2.11. The van der Waals surface area contributed by atoms with Gasteiger partial charge in [0.15, 0.2) is 0 Å². The van der Waals surface area contributed by atoms with Crippen LogP contribution in [0.15, 0.2) is 36.4 Å². The number of rotatable bonds is 4. The number of hydrogen-bond acceptors (Lipinski definition) is 2.